The van der Waals surface area contributed by atoms with E-state index in [0.29, 0.717) is 17.2 Å². The SMILES string of the molecule is O=C(Nc1ccc2c(c1)OCO2)N1C2CCC1c1cncnc1C2. The van der Waals surface area contributed by atoms with E-state index in [-0.39, 0.29) is 24.9 Å². The third-order valence-electron chi connectivity index (χ3n) is 4.98. The van der Waals surface area contributed by atoms with Crippen molar-refractivity contribution in [3.63, 3.8) is 0 Å². The Morgan fingerprint density at radius 2 is 2.17 bits per heavy atom. The second-order valence-electron chi connectivity index (χ2n) is 6.28. The summed E-state index contributed by atoms with van der Waals surface area (Å²) in [4.78, 5) is 23.3. The number of nitrogens with one attached hydrogen (secondary N) is 1. The lowest BCUT2D eigenvalue weighted by Crippen LogP contribution is -2.44. The molecular weight excluding hydrogens is 308 g/mol. The fourth-order valence-corrected chi connectivity index (χ4v) is 3.90. The Balaban J connectivity index is 1.40. The van der Waals surface area contributed by atoms with Crippen LogP contribution in [0.1, 0.15) is 30.1 Å². The molecule has 24 heavy (non-hydrogen) atoms. The Labute approximate surface area is 138 Å². The molecule has 0 saturated carbocycles. The van der Waals surface area contributed by atoms with Crippen LogP contribution in [0, 0.1) is 0 Å². The van der Waals surface area contributed by atoms with Crippen molar-refractivity contribution in [1.82, 2.24) is 14.9 Å². The molecule has 1 aromatic carbocycles. The van der Waals surface area contributed by atoms with E-state index in [1.165, 1.54) is 0 Å². The molecule has 2 unspecified atom stereocenters. The van der Waals surface area contributed by atoms with Gasteiger partial charge < -0.3 is 19.7 Å². The molecule has 3 aliphatic heterocycles. The van der Waals surface area contributed by atoms with Crippen LogP contribution in [-0.2, 0) is 6.42 Å². The van der Waals surface area contributed by atoms with Gasteiger partial charge >= 0.3 is 6.03 Å². The maximum Gasteiger partial charge on any atom is 0.322 e. The van der Waals surface area contributed by atoms with Gasteiger partial charge in [-0.3, -0.25) is 0 Å². The molecule has 1 N–H and O–H groups in total. The van der Waals surface area contributed by atoms with Gasteiger partial charge in [-0.1, -0.05) is 0 Å². The number of amides is 2. The van der Waals surface area contributed by atoms with Crippen molar-refractivity contribution >= 4 is 11.7 Å². The van der Waals surface area contributed by atoms with E-state index in [1.54, 1.807) is 12.4 Å². The van der Waals surface area contributed by atoms with Gasteiger partial charge in [-0.25, -0.2) is 14.8 Å². The van der Waals surface area contributed by atoms with Crippen molar-refractivity contribution in [3.8, 4) is 11.5 Å². The van der Waals surface area contributed by atoms with E-state index < -0.39 is 0 Å². The molecule has 2 aromatic rings. The predicted molar refractivity (Wildman–Crippen MR) is 84.9 cm³/mol. The molecule has 2 bridgehead atoms. The van der Waals surface area contributed by atoms with E-state index in [2.05, 4.69) is 15.3 Å². The van der Waals surface area contributed by atoms with E-state index in [1.807, 2.05) is 23.2 Å². The first-order valence-corrected chi connectivity index (χ1v) is 8.07. The molecule has 3 aliphatic rings. The normalized spacial score (nSPS) is 23.1. The van der Waals surface area contributed by atoms with E-state index >= 15 is 0 Å². The van der Waals surface area contributed by atoms with E-state index in [4.69, 9.17) is 9.47 Å². The van der Waals surface area contributed by atoms with E-state index in [0.717, 1.165) is 30.5 Å². The van der Waals surface area contributed by atoms with Gasteiger partial charge in [0.2, 0.25) is 6.79 Å². The molecule has 0 radical (unpaired) electrons. The maximum absolute atomic E-state index is 12.8. The van der Waals surface area contributed by atoms with Crippen molar-refractivity contribution in [2.75, 3.05) is 12.1 Å². The van der Waals surface area contributed by atoms with Crippen LogP contribution in [-0.4, -0.2) is 33.7 Å². The summed E-state index contributed by atoms with van der Waals surface area (Å²) in [6.45, 7) is 0.222. The summed E-state index contributed by atoms with van der Waals surface area (Å²) in [7, 11) is 0. The maximum atomic E-state index is 12.8. The summed E-state index contributed by atoms with van der Waals surface area (Å²) in [6, 6.07) is 5.61. The highest BCUT2D eigenvalue weighted by atomic mass is 16.7. The van der Waals surface area contributed by atoms with Crippen LogP contribution in [0.15, 0.2) is 30.7 Å². The molecule has 2 atom stereocenters. The zero-order valence-electron chi connectivity index (χ0n) is 12.9. The van der Waals surface area contributed by atoms with Gasteiger partial charge in [0.25, 0.3) is 0 Å². The summed E-state index contributed by atoms with van der Waals surface area (Å²) in [5, 5.41) is 2.98. The molecule has 5 rings (SSSR count). The first-order valence-electron chi connectivity index (χ1n) is 8.07. The molecule has 2 amide bonds. The van der Waals surface area contributed by atoms with Gasteiger partial charge in [-0.05, 0) is 25.0 Å². The quantitative estimate of drug-likeness (QED) is 0.872. The third-order valence-corrected chi connectivity index (χ3v) is 4.98. The van der Waals surface area contributed by atoms with Crippen LogP contribution in [0.25, 0.3) is 0 Å². The standard InChI is InChI=1S/C17H16N4O3/c22-17(20-10-1-4-15-16(5-10)24-9-23-15)21-11-2-3-14(21)12-7-18-8-19-13(12)6-11/h1,4-5,7-8,11,14H,2-3,6,9H2,(H,20,22). The second-order valence-corrected chi connectivity index (χ2v) is 6.28. The fourth-order valence-electron chi connectivity index (χ4n) is 3.90. The minimum atomic E-state index is -0.0872. The average molecular weight is 324 g/mol. The van der Waals surface area contributed by atoms with Crippen molar-refractivity contribution < 1.29 is 14.3 Å². The second kappa shape index (κ2) is 5.09. The molecule has 1 saturated heterocycles. The summed E-state index contributed by atoms with van der Waals surface area (Å²) < 4.78 is 10.7. The van der Waals surface area contributed by atoms with Crippen molar-refractivity contribution in [2.24, 2.45) is 0 Å². The molecule has 0 spiro atoms. The highest BCUT2D eigenvalue weighted by Crippen LogP contribution is 2.43. The lowest BCUT2D eigenvalue weighted by molar-refractivity contribution is 0.174. The first kappa shape index (κ1) is 13.6. The fraction of sp³-hybridized carbons (Fsp3) is 0.353. The summed E-state index contributed by atoms with van der Waals surface area (Å²) in [5.74, 6) is 1.37. The monoisotopic (exact) mass is 324 g/mol. The minimum Gasteiger partial charge on any atom is -0.454 e. The molecule has 1 aromatic heterocycles. The van der Waals surface area contributed by atoms with Gasteiger partial charge in [0, 0.05) is 36.0 Å². The lowest BCUT2D eigenvalue weighted by atomic mass is 10.00. The summed E-state index contributed by atoms with van der Waals surface area (Å²) >= 11 is 0. The van der Waals surface area contributed by atoms with Crippen molar-refractivity contribution in [2.45, 2.75) is 31.3 Å². The molecule has 4 heterocycles. The predicted octanol–water partition coefficient (Wildman–Crippen LogP) is 2.50. The number of carbonyl (C=O) groups excluding carboxylic acids is 1. The van der Waals surface area contributed by atoms with Crippen LogP contribution in [0.4, 0.5) is 10.5 Å². The molecule has 122 valence electrons. The first-order chi connectivity index (χ1) is 11.8. The number of ether oxygens (including phenoxy) is 2. The number of nitrogens with zero attached hydrogens (tertiary/aromatic N) is 3. The number of aromatic nitrogens is 2. The number of hydrogen-bond acceptors (Lipinski definition) is 5. The van der Waals surface area contributed by atoms with Crippen LogP contribution < -0.4 is 14.8 Å². The Bertz CT molecular complexity index is 825. The number of carbonyl (C=O) groups is 1. The van der Waals surface area contributed by atoms with Crippen LogP contribution in [0.2, 0.25) is 0 Å². The van der Waals surface area contributed by atoms with Gasteiger partial charge in [0.1, 0.15) is 6.33 Å². The van der Waals surface area contributed by atoms with Crippen LogP contribution in [0.5, 0.6) is 11.5 Å². The number of benzene rings is 1. The number of hydrogen-bond donors (Lipinski definition) is 1. The third kappa shape index (κ3) is 2.01. The molecular formula is C17H16N4O3. The number of rotatable bonds is 1. The molecule has 7 nitrogen and oxygen atoms in total. The van der Waals surface area contributed by atoms with Gasteiger partial charge in [0.05, 0.1) is 11.7 Å². The van der Waals surface area contributed by atoms with Crippen LogP contribution >= 0.6 is 0 Å². The zero-order chi connectivity index (χ0) is 16.1. The Morgan fingerprint density at radius 1 is 1.25 bits per heavy atom. The number of anilines is 1. The molecule has 7 heteroatoms. The summed E-state index contributed by atoms with van der Waals surface area (Å²) in [5.41, 5.74) is 2.86. The van der Waals surface area contributed by atoms with Crippen molar-refractivity contribution in [3.05, 3.63) is 42.0 Å². The Morgan fingerprint density at radius 3 is 3.12 bits per heavy atom. The average Bonchev–Trinajstić information content (AvgIpc) is 3.18. The van der Waals surface area contributed by atoms with Crippen molar-refractivity contribution in [1.29, 1.82) is 0 Å². The Hall–Kier alpha value is -2.83. The van der Waals surface area contributed by atoms with E-state index in [9.17, 15) is 4.79 Å². The minimum absolute atomic E-state index is 0.0639. The molecule has 1 fully saturated rings. The zero-order valence-corrected chi connectivity index (χ0v) is 12.9. The highest BCUT2D eigenvalue weighted by Gasteiger charge is 2.43. The highest BCUT2D eigenvalue weighted by molar-refractivity contribution is 5.90. The van der Waals surface area contributed by atoms with Gasteiger partial charge in [-0.15, -0.1) is 0 Å². The molecule has 0 aliphatic carbocycles. The van der Waals surface area contributed by atoms with Crippen LogP contribution in [0.3, 0.4) is 0 Å². The Kier molecular flexibility index (Phi) is 2.88. The summed E-state index contributed by atoms with van der Waals surface area (Å²) in [6.07, 6.45) is 6.17. The number of fused-ring (bicyclic) bond motifs is 5. The smallest absolute Gasteiger partial charge is 0.322 e. The topological polar surface area (TPSA) is 76.6 Å². The largest absolute Gasteiger partial charge is 0.454 e. The van der Waals surface area contributed by atoms with Gasteiger partial charge in [-0.2, -0.15) is 0 Å². The van der Waals surface area contributed by atoms with Gasteiger partial charge in [0.15, 0.2) is 11.5 Å². The number of urea groups is 1. The lowest BCUT2D eigenvalue weighted by Gasteiger charge is -2.35.